The molecule has 0 aromatic heterocycles. The highest BCUT2D eigenvalue weighted by Gasteiger charge is 1.90. The van der Waals surface area contributed by atoms with Gasteiger partial charge in [0.15, 0.2) is 0 Å². The first-order valence-electron chi connectivity index (χ1n) is 4.70. The summed E-state index contributed by atoms with van der Waals surface area (Å²) >= 11 is 0. The summed E-state index contributed by atoms with van der Waals surface area (Å²) in [5.41, 5.74) is 2.38. The molecule has 0 radical (unpaired) electrons. The molecule has 2 atom stereocenters. The highest BCUT2D eigenvalue weighted by Crippen LogP contribution is 2.20. The van der Waals surface area contributed by atoms with E-state index in [1.165, 1.54) is 5.57 Å². The molecule has 0 aromatic carbocycles. The molecule has 82 valence electrons. The van der Waals surface area contributed by atoms with E-state index in [1.807, 2.05) is 6.92 Å². The molecule has 0 heterocycles. The Morgan fingerprint density at radius 1 is 1.36 bits per heavy atom. The largest absolute Gasteiger partial charge is 0.392 e. The lowest BCUT2D eigenvalue weighted by Gasteiger charge is -2.00. The molecule has 0 aromatic rings. The SMILES string of the molecule is C/C(=C\CC/C(C)=C/COPP)CO. The second-order valence-electron chi connectivity index (χ2n) is 3.23. The molecule has 0 saturated carbocycles. The van der Waals surface area contributed by atoms with Crippen LogP contribution in [0.25, 0.3) is 0 Å². The molecule has 0 amide bonds. The van der Waals surface area contributed by atoms with E-state index in [9.17, 15) is 0 Å². The summed E-state index contributed by atoms with van der Waals surface area (Å²) in [7, 11) is 3.04. The Labute approximate surface area is 90.8 Å². The Morgan fingerprint density at radius 3 is 2.64 bits per heavy atom. The monoisotopic (exact) mass is 234 g/mol. The Balaban J connectivity index is 3.62. The van der Waals surface area contributed by atoms with Crippen molar-refractivity contribution in [1.29, 1.82) is 0 Å². The van der Waals surface area contributed by atoms with Gasteiger partial charge in [0.1, 0.15) is 0 Å². The van der Waals surface area contributed by atoms with E-state index in [-0.39, 0.29) is 6.61 Å². The predicted octanol–water partition coefficient (Wildman–Crippen LogP) is 3.05. The maximum atomic E-state index is 8.77. The van der Waals surface area contributed by atoms with Crippen LogP contribution in [0.5, 0.6) is 0 Å². The van der Waals surface area contributed by atoms with Crippen molar-refractivity contribution < 1.29 is 9.63 Å². The molecule has 4 heteroatoms. The Kier molecular flexibility index (Phi) is 9.98. The average Bonchev–Trinajstić information content (AvgIpc) is 2.18. The molecule has 14 heavy (non-hydrogen) atoms. The fraction of sp³-hybridized carbons (Fsp3) is 0.600. The van der Waals surface area contributed by atoms with Gasteiger partial charge >= 0.3 is 0 Å². The lowest BCUT2D eigenvalue weighted by molar-refractivity contribution is 0.331. The van der Waals surface area contributed by atoms with E-state index in [0.717, 1.165) is 18.4 Å². The number of hydrogen-bond acceptors (Lipinski definition) is 2. The van der Waals surface area contributed by atoms with Gasteiger partial charge < -0.3 is 9.63 Å². The van der Waals surface area contributed by atoms with Crippen molar-refractivity contribution in [2.45, 2.75) is 26.7 Å². The minimum atomic E-state index is 0.167. The maximum Gasteiger partial charge on any atom is 0.0693 e. The van der Waals surface area contributed by atoms with Crippen molar-refractivity contribution in [3.05, 3.63) is 23.3 Å². The molecular formula is C10H20O2P2. The predicted molar refractivity (Wildman–Crippen MR) is 67.8 cm³/mol. The number of rotatable bonds is 7. The molecule has 0 aliphatic heterocycles. The Bertz CT molecular complexity index is 200. The molecule has 0 bridgehead atoms. The van der Waals surface area contributed by atoms with Crippen LogP contribution in [0.15, 0.2) is 23.3 Å². The van der Waals surface area contributed by atoms with Gasteiger partial charge in [0.25, 0.3) is 0 Å². The zero-order valence-corrected chi connectivity index (χ0v) is 11.1. The average molecular weight is 234 g/mol. The van der Waals surface area contributed by atoms with Gasteiger partial charge in [-0.05, 0) is 26.7 Å². The molecule has 0 aliphatic rings. The standard InChI is InChI=1S/C10H20O2P2/c1-9(6-7-12-14-13)4-3-5-10(2)8-11/h5-6,11,14H,3-4,7-8,13H2,1-2H3/b9-6+,10-5+. The smallest absolute Gasteiger partial charge is 0.0693 e. The highest BCUT2D eigenvalue weighted by molar-refractivity contribution is 8.00. The summed E-state index contributed by atoms with van der Waals surface area (Å²) < 4.78 is 5.21. The van der Waals surface area contributed by atoms with Gasteiger partial charge in [0.05, 0.1) is 13.2 Å². The normalized spacial score (nSPS) is 14.3. The van der Waals surface area contributed by atoms with E-state index < -0.39 is 0 Å². The van der Waals surface area contributed by atoms with Gasteiger partial charge in [-0.1, -0.05) is 32.2 Å². The van der Waals surface area contributed by atoms with E-state index >= 15 is 0 Å². The van der Waals surface area contributed by atoms with Gasteiger partial charge in [-0.15, -0.1) is 0 Å². The number of aliphatic hydroxyl groups excluding tert-OH is 1. The van der Waals surface area contributed by atoms with Crippen LogP contribution in [-0.2, 0) is 4.52 Å². The van der Waals surface area contributed by atoms with Crippen molar-refractivity contribution in [2.24, 2.45) is 0 Å². The van der Waals surface area contributed by atoms with E-state index in [4.69, 9.17) is 9.63 Å². The third-order valence-corrected chi connectivity index (χ3v) is 2.71. The fourth-order valence-corrected chi connectivity index (χ4v) is 1.41. The molecule has 1 N–H and O–H groups in total. The summed E-state index contributed by atoms with van der Waals surface area (Å²) in [6.07, 6.45) is 6.23. The minimum Gasteiger partial charge on any atom is -0.392 e. The van der Waals surface area contributed by atoms with Crippen LogP contribution >= 0.6 is 17.4 Å². The van der Waals surface area contributed by atoms with Gasteiger partial charge in [-0.25, -0.2) is 0 Å². The molecular weight excluding hydrogens is 214 g/mol. The van der Waals surface area contributed by atoms with E-state index in [1.54, 1.807) is 0 Å². The second-order valence-corrected chi connectivity index (χ2v) is 4.46. The van der Waals surface area contributed by atoms with Crippen LogP contribution in [0, 0.1) is 0 Å². The molecule has 0 spiro atoms. The summed E-state index contributed by atoms with van der Waals surface area (Å²) in [5.74, 6) is 0. The molecule has 0 aliphatic carbocycles. The zero-order valence-electron chi connectivity index (χ0n) is 8.92. The van der Waals surface area contributed by atoms with Crippen LogP contribution < -0.4 is 0 Å². The topological polar surface area (TPSA) is 29.5 Å². The van der Waals surface area contributed by atoms with Crippen LogP contribution in [0.4, 0.5) is 0 Å². The lowest BCUT2D eigenvalue weighted by Crippen LogP contribution is -1.85. The molecule has 2 nitrogen and oxygen atoms in total. The summed E-state index contributed by atoms with van der Waals surface area (Å²) in [4.78, 5) is 0. The quantitative estimate of drug-likeness (QED) is 0.417. The summed E-state index contributed by atoms with van der Waals surface area (Å²) in [5, 5.41) is 8.77. The third kappa shape index (κ3) is 8.84. The molecule has 0 saturated heterocycles. The van der Waals surface area contributed by atoms with Crippen LogP contribution in [-0.4, -0.2) is 18.3 Å². The van der Waals surface area contributed by atoms with Crippen molar-refractivity contribution in [1.82, 2.24) is 0 Å². The van der Waals surface area contributed by atoms with Crippen LogP contribution in [0.1, 0.15) is 26.7 Å². The molecule has 0 fully saturated rings. The van der Waals surface area contributed by atoms with Gasteiger partial charge in [0, 0.05) is 8.50 Å². The van der Waals surface area contributed by atoms with Crippen molar-refractivity contribution >= 4 is 17.4 Å². The number of allylic oxidation sites excluding steroid dienone is 2. The number of aliphatic hydroxyl groups is 1. The zero-order chi connectivity index (χ0) is 10.8. The second kappa shape index (κ2) is 9.80. The Morgan fingerprint density at radius 2 is 2.07 bits per heavy atom. The van der Waals surface area contributed by atoms with Gasteiger partial charge in [-0.3, -0.25) is 0 Å². The van der Waals surface area contributed by atoms with E-state index in [2.05, 4.69) is 28.0 Å². The van der Waals surface area contributed by atoms with Crippen LogP contribution in [0.3, 0.4) is 0 Å². The van der Waals surface area contributed by atoms with Gasteiger partial charge in [-0.2, -0.15) is 0 Å². The molecule has 0 rings (SSSR count). The summed E-state index contributed by atoms with van der Waals surface area (Å²) in [6.45, 7) is 4.92. The van der Waals surface area contributed by atoms with Crippen molar-refractivity contribution in [2.75, 3.05) is 13.2 Å². The lowest BCUT2D eigenvalue weighted by atomic mass is 10.1. The first-order chi connectivity index (χ1) is 6.70. The fourth-order valence-electron chi connectivity index (χ4n) is 0.945. The van der Waals surface area contributed by atoms with Crippen molar-refractivity contribution in [3.8, 4) is 0 Å². The first kappa shape index (κ1) is 14.3. The van der Waals surface area contributed by atoms with Crippen molar-refractivity contribution in [3.63, 3.8) is 0 Å². The van der Waals surface area contributed by atoms with Crippen LogP contribution in [0.2, 0.25) is 0 Å². The third-order valence-electron chi connectivity index (χ3n) is 1.88. The maximum absolute atomic E-state index is 8.77. The highest BCUT2D eigenvalue weighted by atomic mass is 32.0. The molecule has 2 unspecified atom stereocenters. The van der Waals surface area contributed by atoms with Gasteiger partial charge in [0.2, 0.25) is 0 Å². The Hall–Kier alpha value is 0.260. The summed E-state index contributed by atoms with van der Waals surface area (Å²) in [6, 6.07) is 0. The number of hydrogen-bond donors (Lipinski definition) is 1. The minimum absolute atomic E-state index is 0.167. The first-order valence-corrected chi connectivity index (χ1v) is 7.42. The van der Waals surface area contributed by atoms with E-state index in [0.29, 0.717) is 15.1 Å².